The molecule has 0 saturated carbocycles. The summed E-state index contributed by atoms with van der Waals surface area (Å²) in [5.74, 6) is -0.202. The summed E-state index contributed by atoms with van der Waals surface area (Å²) in [6, 6.07) is 13.0. The molecule has 5 heteroatoms. The molecule has 3 rings (SSSR count). The largest absolute Gasteiger partial charge is 0.339 e. The maximum absolute atomic E-state index is 12.8. The number of carbonyl (C=O) groups is 2. The molecule has 0 spiro atoms. The van der Waals surface area contributed by atoms with Crippen LogP contribution in [0.3, 0.4) is 0 Å². The fourth-order valence-electron chi connectivity index (χ4n) is 3.03. The lowest BCUT2D eigenvalue weighted by atomic mass is 10.1. The molecule has 2 aromatic rings. The monoisotopic (exact) mass is 354 g/mol. The summed E-state index contributed by atoms with van der Waals surface area (Å²) in [6.07, 6.45) is 4.08. The van der Waals surface area contributed by atoms with Crippen LogP contribution in [0.2, 0.25) is 0 Å². The van der Waals surface area contributed by atoms with Crippen LogP contribution in [0, 0.1) is 6.92 Å². The summed E-state index contributed by atoms with van der Waals surface area (Å²) in [5, 5.41) is 2.94. The molecule has 0 aliphatic carbocycles. The van der Waals surface area contributed by atoms with Gasteiger partial charge in [0.1, 0.15) is 0 Å². The Morgan fingerprint density at radius 1 is 1.04 bits per heavy atom. The molecule has 2 aromatic carbocycles. The minimum Gasteiger partial charge on any atom is -0.339 e. The molecule has 1 aliphatic rings. The van der Waals surface area contributed by atoms with Gasteiger partial charge in [0.25, 0.3) is 11.8 Å². The molecule has 0 radical (unpaired) electrons. The number of nitrogens with one attached hydrogen (secondary N) is 1. The molecule has 2 amide bonds. The van der Waals surface area contributed by atoms with E-state index >= 15 is 0 Å². The van der Waals surface area contributed by atoms with Gasteiger partial charge < -0.3 is 10.2 Å². The molecule has 0 bridgehead atoms. The SMILES string of the molecule is CSc1ccc(C(=O)Nc2c(C)cccc2C(=O)N2CCCC2)cc1. The Kier molecular flexibility index (Phi) is 5.43. The van der Waals surface area contributed by atoms with E-state index in [9.17, 15) is 9.59 Å². The van der Waals surface area contributed by atoms with E-state index < -0.39 is 0 Å². The smallest absolute Gasteiger partial charge is 0.255 e. The normalized spacial score (nSPS) is 13.8. The standard InChI is InChI=1S/C20H22N2O2S/c1-14-6-5-7-17(20(24)22-12-3-4-13-22)18(14)21-19(23)15-8-10-16(25-2)11-9-15/h5-11H,3-4,12-13H2,1-2H3,(H,21,23). The third kappa shape index (κ3) is 3.87. The summed E-state index contributed by atoms with van der Waals surface area (Å²) in [4.78, 5) is 28.4. The van der Waals surface area contributed by atoms with Gasteiger partial charge in [0.2, 0.25) is 0 Å². The molecule has 1 saturated heterocycles. The number of hydrogen-bond donors (Lipinski definition) is 1. The van der Waals surface area contributed by atoms with Crippen molar-refractivity contribution >= 4 is 29.3 Å². The highest BCUT2D eigenvalue weighted by Gasteiger charge is 2.23. The average Bonchev–Trinajstić information content (AvgIpc) is 3.17. The van der Waals surface area contributed by atoms with Crippen molar-refractivity contribution in [3.05, 3.63) is 59.2 Å². The van der Waals surface area contributed by atoms with Crippen LogP contribution in [0.4, 0.5) is 5.69 Å². The highest BCUT2D eigenvalue weighted by molar-refractivity contribution is 7.98. The first-order valence-electron chi connectivity index (χ1n) is 8.44. The summed E-state index contributed by atoms with van der Waals surface area (Å²) in [6.45, 7) is 3.49. The maximum atomic E-state index is 12.8. The predicted molar refractivity (Wildman–Crippen MR) is 102 cm³/mol. The number of hydrogen-bond acceptors (Lipinski definition) is 3. The fourth-order valence-corrected chi connectivity index (χ4v) is 3.44. The van der Waals surface area contributed by atoms with E-state index in [0.29, 0.717) is 16.8 Å². The molecule has 0 unspecified atom stereocenters. The predicted octanol–water partition coefficient (Wildman–Crippen LogP) is 4.21. The van der Waals surface area contributed by atoms with Gasteiger partial charge in [0.05, 0.1) is 11.3 Å². The van der Waals surface area contributed by atoms with Crippen LogP contribution < -0.4 is 5.32 Å². The van der Waals surface area contributed by atoms with Crippen molar-refractivity contribution in [2.75, 3.05) is 24.7 Å². The molecule has 4 nitrogen and oxygen atoms in total. The van der Waals surface area contributed by atoms with E-state index in [4.69, 9.17) is 0 Å². The first-order valence-corrected chi connectivity index (χ1v) is 9.67. The second-order valence-corrected chi connectivity index (χ2v) is 7.06. The van der Waals surface area contributed by atoms with Gasteiger partial charge in [0, 0.05) is 23.5 Å². The lowest BCUT2D eigenvalue weighted by Gasteiger charge is -2.19. The van der Waals surface area contributed by atoms with Crippen molar-refractivity contribution in [3.8, 4) is 0 Å². The minimum atomic E-state index is -0.197. The van der Waals surface area contributed by atoms with E-state index in [1.807, 2.05) is 42.3 Å². The zero-order chi connectivity index (χ0) is 17.8. The number of nitrogens with zero attached hydrogens (tertiary/aromatic N) is 1. The van der Waals surface area contributed by atoms with Gasteiger partial charge in [-0.1, -0.05) is 12.1 Å². The first-order chi connectivity index (χ1) is 12.1. The Balaban J connectivity index is 1.85. The van der Waals surface area contributed by atoms with E-state index in [1.165, 1.54) is 0 Å². The van der Waals surface area contributed by atoms with Gasteiger partial charge in [-0.05, 0) is 61.9 Å². The number of benzene rings is 2. The zero-order valence-electron chi connectivity index (χ0n) is 14.5. The van der Waals surface area contributed by atoms with Crippen LogP contribution in [-0.2, 0) is 0 Å². The van der Waals surface area contributed by atoms with Crippen molar-refractivity contribution < 1.29 is 9.59 Å². The molecule has 1 fully saturated rings. The highest BCUT2D eigenvalue weighted by atomic mass is 32.2. The number of thioether (sulfide) groups is 1. The second-order valence-electron chi connectivity index (χ2n) is 6.18. The average molecular weight is 354 g/mol. The number of amides is 2. The Morgan fingerprint density at radius 3 is 2.36 bits per heavy atom. The molecule has 0 atom stereocenters. The quantitative estimate of drug-likeness (QED) is 0.837. The molecule has 1 heterocycles. The topological polar surface area (TPSA) is 49.4 Å². The van der Waals surface area contributed by atoms with Crippen molar-refractivity contribution in [1.29, 1.82) is 0 Å². The van der Waals surface area contributed by atoms with Crippen LogP contribution in [0.15, 0.2) is 47.4 Å². The van der Waals surface area contributed by atoms with Crippen molar-refractivity contribution in [2.24, 2.45) is 0 Å². The zero-order valence-corrected chi connectivity index (χ0v) is 15.4. The Hall–Kier alpha value is -2.27. The van der Waals surface area contributed by atoms with Crippen LogP contribution in [-0.4, -0.2) is 36.1 Å². The molecule has 1 N–H and O–H groups in total. The van der Waals surface area contributed by atoms with Crippen LogP contribution in [0.5, 0.6) is 0 Å². The number of rotatable bonds is 4. The second kappa shape index (κ2) is 7.74. The van der Waals surface area contributed by atoms with Crippen LogP contribution >= 0.6 is 11.8 Å². The number of para-hydroxylation sites is 1. The van der Waals surface area contributed by atoms with E-state index in [0.717, 1.165) is 36.4 Å². The fraction of sp³-hybridized carbons (Fsp3) is 0.300. The lowest BCUT2D eigenvalue weighted by molar-refractivity contribution is 0.0794. The number of carbonyl (C=O) groups excluding carboxylic acids is 2. The van der Waals surface area contributed by atoms with Crippen molar-refractivity contribution in [3.63, 3.8) is 0 Å². The van der Waals surface area contributed by atoms with E-state index in [2.05, 4.69) is 5.32 Å². The molecule has 130 valence electrons. The minimum absolute atomic E-state index is 0.00534. The summed E-state index contributed by atoms with van der Waals surface area (Å²) >= 11 is 1.63. The Morgan fingerprint density at radius 2 is 1.72 bits per heavy atom. The maximum Gasteiger partial charge on any atom is 0.255 e. The van der Waals surface area contributed by atoms with Gasteiger partial charge in [-0.2, -0.15) is 0 Å². The molecule has 1 aliphatic heterocycles. The highest BCUT2D eigenvalue weighted by Crippen LogP contribution is 2.25. The Bertz CT molecular complexity index is 781. The summed E-state index contributed by atoms with van der Waals surface area (Å²) in [5.41, 5.74) is 2.65. The third-order valence-electron chi connectivity index (χ3n) is 4.49. The lowest BCUT2D eigenvalue weighted by Crippen LogP contribution is -2.29. The van der Waals surface area contributed by atoms with Gasteiger partial charge in [-0.3, -0.25) is 9.59 Å². The van der Waals surface area contributed by atoms with Crippen molar-refractivity contribution in [1.82, 2.24) is 4.90 Å². The third-order valence-corrected chi connectivity index (χ3v) is 5.23. The molecule has 25 heavy (non-hydrogen) atoms. The van der Waals surface area contributed by atoms with Gasteiger partial charge in [-0.25, -0.2) is 0 Å². The van der Waals surface area contributed by atoms with Crippen LogP contribution in [0.1, 0.15) is 39.1 Å². The summed E-state index contributed by atoms with van der Waals surface area (Å²) < 4.78 is 0. The van der Waals surface area contributed by atoms with Crippen LogP contribution in [0.25, 0.3) is 0 Å². The summed E-state index contributed by atoms with van der Waals surface area (Å²) in [7, 11) is 0. The van der Waals surface area contributed by atoms with Gasteiger partial charge in [-0.15, -0.1) is 11.8 Å². The number of aryl methyl sites for hydroxylation is 1. The molecular formula is C20H22N2O2S. The first kappa shape index (κ1) is 17.5. The molecule has 0 aromatic heterocycles. The Labute approximate surface area is 152 Å². The van der Waals surface area contributed by atoms with E-state index in [1.54, 1.807) is 30.0 Å². The van der Waals surface area contributed by atoms with Crippen molar-refractivity contribution in [2.45, 2.75) is 24.7 Å². The van der Waals surface area contributed by atoms with Gasteiger partial charge >= 0.3 is 0 Å². The number of likely N-dealkylation sites (tertiary alicyclic amines) is 1. The van der Waals surface area contributed by atoms with Gasteiger partial charge in [0.15, 0.2) is 0 Å². The van der Waals surface area contributed by atoms with E-state index in [-0.39, 0.29) is 11.8 Å². The number of anilines is 1. The molecular weight excluding hydrogens is 332 g/mol.